The molecule has 7 rings (SSSR count). The van der Waals surface area contributed by atoms with Gasteiger partial charge in [-0.2, -0.15) is 9.40 Å². The molecule has 1 aromatic heterocycles. The van der Waals surface area contributed by atoms with E-state index in [9.17, 15) is 23.4 Å². The first-order valence-corrected chi connectivity index (χ1v) is 20.8. The molecule has 4 N–H and O–H groups in total. The molecule has 57 heavy (non-hydrogen) atoms. The van der Waals surface area contributed by atoms with Gasteiger partial charge in [0.25, 0.3) is 0 Å². The minimum atomic E-state index is -4.01. The standard InChI is InChI=1S/C42H42N6O7S2/c1-27-8-22-36(23-9-27)57(52,53)45-37(24-29-6-4-3-5-7-29)40(51)43-33-16-14-32(15-17-33)41-54-38(28(2)39(55-41)31-12-10-30(25-49)11-13-31)26-56-42-44-46-47-48(42)34-18-20-35(50)21-19-34/h3-23,28,37-39,41,45,49-50H,24-26H2,1-2H3,(H,43,51). The Bertz CT molecular complexity index is 2360. The molecule has 1 aliphatic rings. The van der Waals surface area contributed by atoms with Crippen molar-refractivity contribution in [2.45, 2.75) is 61.5 Å². The van der Waals surface area contributed by atoms with Gasteiger partial charge in [-0.15, -0.1) is 5.10 Å². The van der Waals surface area contributed by atoms with Crippen LogP contribution >= 0.6 is 11.8 Å². The molecule has 15 heteroatoms. The maximum Gasteiger partial charge on any atom is 0.242 e. The highest BCUT2D eigenvalue weighted by atomic mass is 32.2. The highest BCUT2D eigenvalue weighted by molar-refractivity contribution is 7.99. The van der Waals surface area contributed by atoms with Gasteiger partial charge in [0.1, 0.15) is 11.8 Å². The second-order valence-corrected chi connectivity index (χ2v) is 16.5. The average molecular weight is 807 g/mol. The maximum absolute atomic E-state index is 13.8. The van der Waals surface area contributed by atoms with E-state index in [0.29, 0.717) is 27.8 Å². The maximum atomic E-state index is 13.8. The van der Waals surface area contributed by atoms with E-state index in [1.54, 1.807) is 65.3 Å². The minimum absolute atomic E-state index is 0.0698. The Hall–Kier alpha value is -5.42. The molecule has 0 aliphatic carbocycles. The molecule has 0 radical (unpaired) electrons. The van der Waals surface area contributed by atoms with Crippen molar-refractivity contribution in [1.29, 1.82) is 0 Å². The van der Waals surface area contributed by atoms with Crippen LogP contribution in [-0.4, -0.2) is 62.6 Å². The number of hydrogen-bond acceptors (Lipinski definition) is 11. The van der Waals surface area contributed by atoms with Crippen LogP contribution in [0.3, 0.4) is 0 Å². The molecule has 5 aromatic carbocycles. The van der Waals surface area contributed by atoms with Gasteiger partial charge in [0.2, 0.25) is 21.1 Å². The number of amides is 1. The lowest BCUT2D eigenvalue weighted by Gasteiger charge is -2.41. The number of benzene rings is 5. The summed E-state index contributed by atoms with van der Waals surface area (Å²) in [6, 6.07) is 35.9. The van der Waals surface area contributed by atoms with E-state index < -0.39 is 28.3 Å². The minimum Gasteiger partial charge on any atom is -0.508 e. The fourth-order valence-electron chi connectivity index (χ4n) is 6.45. The largest absolute Gasteiger partial charge is 0.508 e. The quantitative estimate of drug-likeness (QED) is 0.0912. The molecule has 0 saturated carbocycles. The van der Waals surface area contributed by atoms with Crippen LogP contribution in [-0.2, 0) is 37.3 Å². The number of nitrogens with one attached hydrogen (secondary N) is 2. The number of tetrazole rings is 1. The lowest BCUT2D eigenvalue weighted by molar-refractivity contribution is -0.268. The van der Waals surface area contributed by atoms with Crippen molar-refractivity contribution in [3.05, 3.63) is 155 Å². The number of aliphatic hydroxyl groups excluding tert-OH is 1. The lowest BCUT2D eigenvalue weighted by atomic mass is 9.91. The fourth-order valence-corrected chi connectivity index (χ4v) is 8.70. The number of aryl methyl sites for hydroxylation is 1. The number of phenols is 1. The second kappa shape index (κ2) is 17.8. The van der Waals surface area contributed by atoms with E-state index in [0.717, 1.165) is 22.3 Å². The molecule has 1 fully saturated rings. The number of aromatic hydroxyl groups is 1. The Morgan fingerprint density at radius 3 is 2.23 bits per heavy atom. The molecule has 294 valence electrons. The first-order valence-electron chi connectivity index (χ1n) is 18.3. The number of nitrogens with zero attached hydrogens (tertiary/aromatic N) is 4. The molecular weight excluding hydrogens is 765 g/mol. The summed E-state index contributed by atoms with van der Waals surface area (Å²) in [5.74, 6) is 0.00802. The summed E-state index contributed by atoms with van der Waals surface area (Å²) in [7, 11) is -4.01. The number of sulfonamides is 1. The SMILES string of the molecule is Cc1ccc(S(=O)(=O)NC(Cc2ccccc2)C(=O)Nc2ccc(C3OC(CSc4nnnn4-c4ccc(O)cc4)C(C)C(c4ccc(CO)cc4)O3)cc2)cc1. The second-order valence-electron chi connectivity index (χ2n) is 13.8. The van der Waals surface area contributed by atoms with Crippen molar-refractivity contribution in [2.75, 3.05) is 11.1 Å². The topological polar surface area (TPSA) is 178 Å². The summed E-state index contributed by atoms with van der Waals surface area (Å²) in [4.78, 5) is 13.8. The van der Waals surface area contributed by atoms with Crippen molar-refractivity contribution < 1.29 is 32.9 Å². The number of carbonyl (C=O) groups excluding carboxylic acids is 1. The van der Waals surface area contributed by atoms with Crippen LogP contribution in [0, 0.1) is 12.8 Å². The van der Waals surface area contributed by atoms with Crippen molar-refractivity contribution in [1.82, 2.24) is 24.9 Å². The van der Waals surface area contributed by atoms with Gasteiger partial charge in [0, 0.05) is 22.9 Å². The lowest BCUT2D eigenvalue weighted by Crippen LogP contribution is -2.45. The predicted molar refractivity (Wildman–Crippen MR) is 215 cm³/mol. The van der Waals surface area contributed by atoms with Gasteiger partial charge in [-0.3, -0.25) is 4.79 Å². The van der Waals surface area contributed by atoms with E-state index in [2.05, 4.69) is 32.5 Å². The number of rotatable bonds is 14. The van der Waals surface area contributed by atoms with Crippen LogP contribution in [0.2, 0.25) is 0 Å². The van der Waals surface area contributed by atoms with Crippen LogP contribution in [0.15, 0.2) is 137 Å². The van der Waals surface area contributed by atoms with Crippen LogP contribution in [0.25, 0.3) is 5.69 Å². The zero-order chi connectivity index (χ0) is 39.9. The molecular formula is C42H42N6O7S2. The van der Waals surface area contributed by atoms with Gasteiger partial charge >= 0.3 is 0 Å². The number of carbonyl (C=O) groups is 1. The van der Waals surface area contributed by atoms with Crippen LogP contribution < -0.4 is 10.0 Å². The average Bonchev–Trinajstić information content (AvgIpc) is 3.70. The first-order chi connectivity index (χ1) is 27.6. The Labute approximate surface area is 335 Å². The Morgan fingerprint density at radius 2 is 1.54 bits per heavy atom. The number of ether oxygens (including phenoxy) is 2. The number of phenolic OH excluding ortho intramolecular Hbond substituents is 1. The Morgan fingerprint density at radius 1 is 0.860 bits per heavy atom. The third-order valence-corrected chi connectivity index (χ3v) is 12.2. The normalized spacial score (nSPS) is 18.9. The van der Waals surface area contributed by atoms with Crippen LogP contribution in [0.5, 0.6) is 5.75 Å². The van der Waals surface area contributed by atoms with Crippen molar-refractivity contribution >= 4 is 33.4 Å². The Balaban J connectivity index is 1.09. The van der Waals surface area contributed by atoms with Crippen LogP contribution in [0.4, 0.5) is 5.69 Å². The summed E-state index contributed by atoms with van der Waals surface area (Å²) in [6.07, 6.45) is -1.32. The molecule has 1 amide bonds. The molecule has 0 bridgehead atoms. The van der Waals surface area contributed by atoms with Crippen molar-refractivity contribution in [3.8, 4) is 11.4 Å². The van der Waals surface area contributed by atoms with Crippen LogP contribution in [0.1, 0.15) is 47.1 Å². The van der Waals surface area contributed by atoms with E-state index in [-0.39, 0.29) is 41.8 Å². The van der Waals surface area contributed by atoms with Gasteiger partial charge in [-0.1, -0.05) is 103 Å². The zero-order valence-electron chi connectivity index (χ0n) is 31.2. The van der Waals surface area contributed by atoms with Gasteiger partial charge in [-0.25, -0.2) is 8.42 Å². The molecule has 6 aromatic rings. The van der Waals surface area contributed by atoms with Crippen molar-refractivity contribution in [3.63, 3.8) is 0 Å². The number of anilines is 1. The smallest absolute Gasteiger partial charge is 0.242 e. The first kappa shape index (κ1) is 39.8. The third-order valence-electron chi connectivity index (χ3n) is 9.71. The summed E-state index contributed by atoms with van der Waals surface area (Å²) in [5, 5.41) is 35.1. The molecule has 0 spiro atoms. The summed E-state index contributed by atoms with van der Waals surface area (Å²) < 4.78 is 44.2. The molecule has 2 heterocycles. The van der Waals surface area contributed by atoms with E-state index >= 15 is 0 Å². The molecule has 5 atom stereocenters. The van der Waals surface area contributed by atoms with Gasteiger partial charge in [0.05, 0.1) is 29.4 Å². The number of hydrogen-bond donors (Lipinski definition) is 4. The molecule has 1 aliphatic heterocycles. The monoisotopic (exact) mass is 806 g/mol. The van der Waals surface area contributed by atoms with Gasteiger partial charge < -0.3 is 25.0 Å². The summed E-state index contributed by atoms with van der Waals surface area (Å²) >= 11 is 1.43. The molecule has 5 unspecified atom stereocenters. The molecule has 1 saturated heterocycles. The fraction of sp³-hybridized carbons (Fsp3) is 0.238. The Kier molecular flexibility index (Phi) is 12.4. The predicted octanol–water partition coefficient (Wildman–Crippen LogP) is 6.28. The highest BCUT2D eigenvalue weighted by Gasteiger charge is 2.39. The van der Waals surface area contributed by atoms with Gasteiger partial charge in [0.15, 0.2) is 6.29 Å². The van der Waals surface area contributed by atoms with Gasteiger partial charge in [-0.05, 0) is 89.0 Å². The molecule has 13 nitrogen and oxygen atoms in total. The number of aromatic nitrogens is 4. The van der Waals surface area contributed by atoms with E-state index in [4.69, 9.17) is 9.47 Å². The van der Waals surface area contributed by atoms with Crippen molar-refractivity contribution in [2.24, 2.45) is 5.92 Å². The summed E-state index contributed by atoms with van der Waals surface area (Å²) in [6.45, 7) is 3.86. The summed E-state index contributed by atoms with van der Waals surface area (Å²) in [5.41, 5.74) is 5.30. The van der Waals surface area contributed by atoms with E-state index in [1.165, 1.54) is 23.9 Å². The number of thioether (sulfide) groups is 1. The highest BCUT2D eigenvalue weighted by Crippen LogP contribution is 2.43. The number of aliphatic hydroxyl groups is 1. The van der Waals surface area contributed by atoms with E-state index in [1.807, 2.05) is 61.5 Å². The zero-order valence-corrected chi connectivity index (χ0v) is 32.8. The third kappa shape index (κ3) is 9.76.